The highest BCUT2D eigenvalue weighted by Gasteiger charge is 2.32. The second-order valence-corrected chi connectivity index (χ2v) is 5.05. The van der Waals surface area contributed by atoms with Crippen molar-refractivity contribution in [3.8, 4) is 0 Å². The predicted molar refractivity (Wildman–Crippen MR) is 68.9 cm³/mol. The van der Waals surface area contributed by atoms with Gasteiger partial charge in [-0.2, -0.15) is 0 Å². The number of nitrogens with zero attached hydrogens (tertiary/aromatic N) is 4. The monoisotopic (exact) mass is 263 g/mol. The Morgan fingerprint density at radius 3 is 3.05 bits per heavy atom. The molecule has 19 heavy (non-hydrogen) atoms. The van der Waals surface area contributed by atoms with E-state index >= 15 is 0 Å². The summed E-state index contributed by atoms with van der Waals surface area (Å²) in [5.41, 5.74) is 0.721. The van der Waals surface area contributed by atoms with E-state index in [1.807, 2.05) is 31.4 Å². The van der Waals surface area contributed by atoms with E-state index in [0.717, 1.165) is 11.5 Å². The largest absolute Gasteiger partial charge is 0.364 e. The van der Waals surface area contributed by atoms with E-state index in [4.69, 9.17) is 9.47 Å². The van der Waals surface area contributed by atoms with Crippen LogP contribution >= 0.6 is 0 Å². The SMILES string of the molecule is Cc1nnc2c(NCC3COC(C)(C)O3)nccn12. The number of fused-ring (bicyclic) bond motifs is 1. The molecule has 1 unspecified atom stereocenters. The Labute approximate surface area is 111 Å². The van der Waals surface area contributed by atoms with Crippen LogP contribution < -0.4 is 5.32 Å². The summed E-state index contributed by atoms with van der Waals surface area (Å²) in [5.74, 6) is 1.04. The summed E-state index contributed by atoms with van der Waals surface area (Å²) in [7, 11) is 0. The number of hydrogen-bond acceptors (Lipinski definition) is 6. The molecule has 0 radical (unpaired) electrons. The molecule has 1 aliphatic heterocycles. The fourth-order valence-corrected chi connectivity index (χ4v) is 2.14. The van der Waals surface area contributed by atoms with Crippen molar-refractivity contribution in [2.45, 2.75) is 32.7 Å². The highest BCUT2D eigenvalue weighted by Crippen LogP contribution is 2.22. The molecule has 0 aromatic carbocycles. The smallest absolute Gasteiger partial charge is 0.203 e. The van der Waals surface area contributed by atoms with Crippen molar-refractivity contribution < 1.29 is 9.47 Å². The maximum absolute atomic E-state index is 5.73. The molecule has 1 atom stereocenters. The van der Waals surface area contributed by atoms with Gasteiger partial charge in [-0.3, -0.25) is 4.40 Å². The van der Waals surface area contributed by atoms with Crippen LogP contribution in [0, 0.1) is 6.92 Å². The summed E-state index contributed by atoms with van der Waals surface area (Å²) in [5, 5.41) is 11.4. The number of nitrogens with one attached hydrogen (secondary N) is 1. The first-order valence-electron chi connectivity index (χ1n) is 6.27. The van der Waals surface area contributed by atoms with Gasteiger partial charge in [0.1, 0.15) is 11.9 Å². The van der Waals surface area contributed by atoms with Gasteiger partial charge in [0.25, 0.3) is 0 Å². The van der Waals surface area contributed by atoms with Crippen LogP contribution in [0.15, 0.2) is 12.4 Å². The number of rotatable bonds is 3. The summed E-state index contributed by atoms with van der Waals surface area (Å²) in [6.45, 7) is 6.93. The zero-order chi connectivity index (χ0) is 13.5. The van der Waals surface area contributed by atoms with Crippen LogP contribution in [0.2, 0.25) is 0 Å². The second kappa shape index (κ2) is 4.43. The minimum Gasteiger partial charge on any atom is -0.364 e. The lowest BCUT2D eigenvalue weighted by atomic mass is 10.3. The Bertz CT molecular complexity index is 595. The van der Waals surface area contributed by atoms with Gasteiger partial charge >= 0.3 is 0 Å². The summed E-state index contributed by atoms with van der Waals surface area (Å²) in [4.78, 5) is 4.29. The molecule has 0 spiro atoms. The van der Waals surface area contributed by atoms with Gasteiger partial charge in [-0.15, -0.1) is 10.2 Å². The van der Waals surface area contributed by atoms with Crippen molar-refractivity contribution in [2.24, 2.45) is 0 Å². The lowest BCUT2D eigenvalue weighted by molar-refractivity contribution is -0.136. The molecule has 102 valence electrons. The molecule has 7 nitrogen and oxygen atoms in total. The molecule has 3 heterocycles. The molecule has 1 N–H and O–H groups in total. The Balaban J connectivity index is 1.72. The Hall–Kier alpha value is -1.73. The van der Waals surface area contributed by atoms with Crippen LogP contribution in [0.4, 0.5) is 5.82 Å². The summed E-state index contributed by atoms with van der Waals surface area (Å²) >= 11 is 0. The van der Waals surface area contributed by atoms with Crippen molar-refractivity contribution >= 4 is 11.5 Å². The minimum atomic E-state index is -0.503. The average Bonchev–Trinajstić information content (AvgIpc) is 2.91. The van der Waals surface area contributed by atoms with Gasteiger partial charge in [-0.1, -0.05) is 0 Å². The highest BCUT2D eigenvalue weighted by atomic mass is 16.7. The Morgan fingerprint density at radius 1 is 1.47 bits per heavy atom. The van der Waals surface area contributed by atoms with Gasteiger partial charge in [0, 0.05) is 18.9 Å². The van der Waals surface area contributed by atoms with E-state index in [1.165, 1.54) is 0 Å². The highest BCUT2D eigenvalue weighted by molar-refractivity contribution is 5.61. The molecule has 0 bridgehead atoms. The molecule has 1 fully saturated rings. The molecular formula is C12H17N5O2. The molecule has 1 saturated heterocycles. The third-order valence-electron chi connectivity index (χ3n) is 3.06. The van der Waals surface area contributed by atoms with Crippen molar-refractivity contribution in [1.29, 1.82) is 0 Å². The van der Waals surface area contributed by atoms with Crippen LogP contribution in [0.5, 0.6) is 0 Å². The molecule has 2 aromatic heterocycles. The fraction of sp³-hybridized carbons (Fsp3) is 0.583. The zero-order valence-electron chi connectivity index (χ0n) is 11.3. The fourth-order valence-electron chi connectivity index (χ4n) is 2.14. The maximum atomic E-state index is 5.73. The number of hydrogen-bond donors (Lipinski definition) is 1. The van der Waals surface area contributed by atoms with Crippen molar-refractivity contribution in [3.63, 3.8) is 0 Å². The molecule has 3 rings (SSSR count). The van der Waals surface area contributed by atoms with E-state index in [1.54, 1.807) is 6.20 Å². The number of anilines is 1. The van der Waals surface area contributed by atoms with Gasteiger partial charge in [-0.25, -0.2) is 4.98 Å². The third-order valence-corrected chi connectivity index (χ3v) is 3.06. The average molecular weight is 263 g/mol. The van der Waals surface area contributed by atoms with Crippen LogP contribution in [0.1, 0.15) is 19.7 Å². The summed E-state index contributed by atoms with van der Waals surface area (Å²) in [6, 6.07) is 0. The van der Waals surface area contributed by atoms with E-state index in [2.05, 4.69) is 20.5 Å². The Kier molecular flexibility index (Phi) is 2.87. The minimum absolute atomic E-state index is 0.0149. The van der Waals surface area contributed by atoms with Crippen molar-refractivity contribution in [3.05, 3.63) is 18.2 Å². The molecule has 0 saturated carbocycles. The Morgan fingerprint density at radius 2 is 2.32 bits per heavy atom. The number of ether oxygens (including phenoxy) is 2. The number of aromatic nitrogens is 4. The molecule has 7 heteroatoms. The topological polar surface area (TPSA) is 73.6 Å². The van der Waals surface area contributed by atoms with Crippen molar-refractivity contribution in [1.82, 2.24) is 19.6 Å². The van der Waals surface area contributed by atoms with Gasteiger partial charge in [0.2, 0.25) is 5.65 Å². The van der Waals surface area contributed by atoms with Crippen LogP contribution in [0.25, 0.3) is 5.65 Å². The van der Waals surface area contributed by atoms with Crippen LogP contribution in [-0.4, -0.2) is 44.6 Å². The van der Waals surface area contributed by atoms with Gasteiger partial charge < -0.3 is 14.8 Å². The van der Waals surface area contributed by atoms with Crippen LogP contribution in [-0.2, 0) is 9.47 Å². The molecular weight excluding hydrogens is 246 g/mol. The number of aryl methyl sites for hydroxylation is 1. The molecule has 0 aliphatic carbocycles. The first-order valence-corrected chi connectivity index (χ1v) is 6.27. The predicted octanol–water partition coefficient (Wildman–Crippen LogP) is 0.996. The first kappa shape index (κ1) is 12.3. The second-order valence-electron chi connectivity index (χ2n) is 5.05. The molecule has 2 aromatic rings. The van der Waals surface area contributed by atoms with Gasteiger partial charge in [0.15, 0.2) is 11.6 Å². The van der Waals surface area contributed by atoms with E-state index in [-0.39, 0.29) is 6.10 Å². The first-order chi connectivity index (χ1) is 9.05. The third kappa shape index (κ3) is 2.39. The quantitative estimate of drug-likeness (QED) is 0.890. The maximum Gasteiger partial charge on any atom is 0.203 e. The lowest BCUT2D eigenvalue weighted by Gasteiger charge is -2.17. The van der Waals surface area contributed by atoms with Crippen LogP contribution in [0.3, 0.4) is 0 Å². The van der Waals surface area contributed by atoms with Gasteiger partial charge in [0.05, 0.1) is 6.61 Å². The zero-order valence-corrected chi connectivity index (χ0v) is 11.3. The summed E-state index contributed by atoms with van der Waals surface area (Å²) in [6.07, 6.45) is 3.58. The van der Waals surface area contributed by atoms with Crippen molar-refractivity contribution in [2.75, 3.05) is 18.5 Å². The van der Waals surface area contributed by atoms with E-state index in [0.29, 0.717) is 19.0 Å². The normalized spacial score (nSPS) is 21.9. The lowest BCUT2D eigenvalue weighted by Crippen LogP contribution is -2.26. The molecule has 1 aliphatic rings. The van der Waals surface area contributed by atoms with Gasteiger partial charge in [-0.05, 0) is 20.8 Å². The summed E-state index contributed by atoms with van der Waals surface area (Å²) < 4.78 is 13.1. The standard InChI is InChI=1S/C12H17N5O2/c1-8-15-16-11-10(13-4-5-17(8)11)14-6-9-7-18-12(2,3)19-9/h4-5,9H,6-7H2,1-3H3,(H,13,14). The van der Waals surface area contributed by atoms with E-state index in [9.17, 15) is 0 Å². The van der Waals surface area contributed by atoms with E-state index < -0.39 is 5.79 Å². The molecule has 0 amide bonds.